The van der Waals surface area contributed by atoms with Gasteiger partial charge in [-0.25, -0.2) is 0 Å². The van der Waals surface area contributed by atoms with Crippen LogP contribution < -0.4 is 10.2 Å². The van der Waals surface area contributed by atoms with E-state index in [9.17, 15) is 14.4 Å². The standard InChI is InChI=1S/C24H30N4O4/c1-2-3-13-25-21(29)17-27-18-28(19-8-5-4-6-9-19)24(23(27)31)11-14-26(15-12-24)22(30)20-10-7-16-32-20/h4-10,16H,2-3,11-15,17-18H2,1H3,(H,25,29). The molecule has 1 N–H and O–H groups in total. The Balaban J connectivity index is 1.51. The fourth-order valence-electron chi connectivity index (χ4n) is 4.59. The van der Waals surface area contributed by atoms with Crippen LogP contribution in [-0.2, 0) is 9.59 Å². The predicted molar refractivity (Wildman–Crippen MR) is 120 cm³/mol. The van der Waals surface area contributed by atoms with Crippen molar-refractivity contribution in [3.8, 4) is 0 Å². The average Bonchev–Trinajstić information content (AvgIpc) is 3.44. The van der Waals surface area contributed by atoms with Crippen molar-refractivity contribution >= 4 is 23.4 Å². The molecule has 4 rings (SSSR count). The number of unbranched alkanes of at least 4 members (excludes halogenated alkanes) is 1. The number of nitrogens with zero attached hydrogens (tertiary/aromatic N) is 3. The van der Waals surface area contributed by atoms with Crippen molar-refractivity contribution in [1.82, 2.24) is 15.1 Å². The van der Waals surface area contributed by atoms with E-state index in [4.69, 9.17) is 4.42 Å². The first-order valence-corrected chi connectivity index (χ1v) is 11.3. The summed E-state index contributed by atoms with van der Waals surface area (Å²) in [6, 6.07) is 13.2. The van der Waals surface area contributed by atoms with Gasteiger partial charge in [0.25, 0.3) is 11.8 Å². The highest BCUT2D eigenvalue weighted by Crippen LogP contribution is 2.39. The van der Waals surface area contributed by atoms with Gasteiger partial charge in [-0.1, -0.05) is 31.5 Å². The molecule has 1 aromatic heterocycles. The van der Waals surface area contributed by atoms with Crippen molar-refractivity contribution in [3.05, 3.63) is 54.5 Å². The summed E-state index contributed by atoms with van der Waals surface area (Å²) < 4.78 is 5.26. The largest absolute Gasteiger partial charge is 0.459 e. The molecule has 2 aromatic rings. The summed E-state index contributed by atoms with van der Waals surface area (Å²) in [5.74, 6) is -0.0305. The number of furan rings is 1. The van der Waals surface area contributed by atoms with Gasteiger partial charge in [0.05, 0.1) is 12.9 Å². The zero-order chi connectivity index (χ0) is 22.6. The van der Waals surface area contributed by atoms with Gasteiger partial charge in [0.15, 0.2) is 5.76 Å². The molecule has 3 amide bonds. The minimum atomic E-state index is -0.759. The van der Waals surface area contributed by atoms with Crippen molar-refractivity contribution in [2.45, 2.75) is 38.1 Å². The molecule has 32 heavy (non-hydrogen) atoms. The number of piperidine rings is 1. The van der Waals surface area contributed by atoms with Gasteiger partial charge in [-0.2, -0.15) is 0 Å². The van der Waals surface area contributed by atoms with Crippen molar-refractivity contribution in [3.63, 3.8) is 0 Å². The smallest absolute Gasteiger partial charge is 0.289 e. The zero-order valence-electron chi connectivity index (χ0n) is 18.5. The maximum absolute atomic E-state index is 13.6. The molecule has 8 heteroatoms. The van der Waals surface area contributed by atoms with Crippen LogP contribution in [0.2, 0.25) is 0 Å². The summed E-state index contributed by atoms with van der Waals surface area (Å²) in [6.45, 7) is 3.99. The molecule has 170 valence electrons. The average molecular weight is 439 g/mol. The summed E-state index contributed by atoms with van der Waals surface area (Å²) in [7, 11) is 0. The maximum Gasteiger partial charge on any atom is 0.289 e. The Bertz CT molecular complexity index is 936. The van der Waals surface area contributed by atoms with Crippen LogP contribution in [0.4, 0.5) is 5.69 Å². The third-order valence-corrected chi connectivity index (χ3v) is 6.38. The highest BCUT2D eigenvalue weighted by molar-refractivity contribution is 5.97. The third kappa shape index (κ3) is 4.22. The number of hydrogen-bond donors (Lipinski definition) is 1. The molecule has 2 fully saturated rings. The van der Waals surface area contributed by atoms with E-state index in [1.165, 1.54) is 6.26 Å². The zero-order valence-corrected chi connectivity index (χ0v) is 18.5. The van der Waals surface area contributed by atoms with Crippen molar-refractivity contribution < 1.29 is 18.8 Å². The van der Waals surface area contributed by atoms with Crippen LogP contribution in [0.5, 0.6) is 0 Å². The molecule has 0 saturated carbocycles. The summed E-state index contributed by atoms with van der Waals surface area (Å²) in [5.41, 5.74) is 0.186. The number of amides is 3. The molecule has 0 unspecified atom stereocenters. The van der Waals surface area contributed by atoms with E-state index in [0.717, 1.165) is 18.5 Å². The Morgan fingerprint density at radius 1 is 1.09 bits per heavy atom. The number of carbonyl (C=O) groups excluding carboxylic acids is 3. The lowest BCUT2D eigenvalue weighted by molar-refractivity contribution is -0.137. The summed E-state index contributed by atoms with van der Waals surface area (Å²) in [5, 5.41) is 2.90. The molecule has 3 heterocycles. The maximum atomic E-state index is 13.6. The number of carbonyl (C=O) groups is 3. The molecule has 2 saturated heterocycles. The van der Waals surface area contributed by atoms with Gasteiger partial charge in [0.2, 0.25) is 5.91 Å². The Kier molecular flexibility index (Phi) is 6.48. The predicted octanol–water partition coefficient (Wildman–Crippen LogP) is 2.48. The molecule has 0 radical (unpaired) electrons. The molecule has 0 aliphatic carbocycles. The van der Waals surface area contributed by atoms with Crippen LogP contribution in [0.1, 0.15) is 43.2 Å². The van der Waals surface area contributed by atoms with E-state index >= 15 is 0 Å². The first-order chi connectivity index (χ1) is 15.5. The second-order valence-electron chi connectivity index (χ2n) is 8.41. The molecule has 0 bridgehead atoms. The van der Waals surface area contributed by atoms with Crippen LogP contribution in [0, 0.1) is 0 Å². The topological polar surface area (TPSA) is 86.1 Å². The number of likely N-dealkylation sites (tertiary alicyclic amines) is 1. The SMILES string of the molecule is CCCCNC(=O)CN1CN(c2ccccc2)C2(CCN(C(=O)c3ccco3)CC2)C1=O. The van der Waals surface area contributed by atoms with Gasteiger partial charge >= 0.3 is 0 Å². The minimum absolute atomic E-state index is 0.0443. The fraction of sp³-hybridized carbons (Fsp3) is 0.458. The van der Waals surface area contributed by atoms with Gasteiger partial charge in [-0.3, -0.25) is 14.4 Å². The van der Waals surface area contributed by atoms with Crippen molar-refractivity contribution in [1.29, 1.82) is 0 Å². The van der Waals surface area contributed by atoms with Gasteiger partial charge in [-0.15, -0.1) is 0 Å². The molecule has 1 spiro atoms. The Morgan fingerprint density at radius 2 is 1.84 bits per heavy atom. The van der Waals surface area contributed by atoms with Crippen molar-refractivity contribution in [2.75, 3.05) is 37.7 Å². The second-order valence-corrected chi connectivity index (χ2v) is 8.41. The number of nitrogens with one attached hydrogen (secondary N) is 1. The molecule has 2 aliphatic rings. The summed E-state index contributed by atoms with van der Waals surface area (Å²) in [4.78, 5) is 44.2. The summed E-state index contributed by atoms with van der Waals surface area (Å²) in [6.07, 6.45) is 4.41. The molecular weight excluding hydrogens is 408 g/mol. The van der Waals surface area contributed by atoms with E-state index in [2.05, 4.69) is 17.1 Å². The minimum Gasteiger partial charge on any atom is -0.459 e. The normalized spacial score (nSPS) is 17.8. The first kappa shape index (κ1) is 21.9. The van der Waals surface area contributed by atoms with Crippen LogP contribution in [0.3, 0.4) is 0 Å². The lowest BCUT2D eigenvalue weighted by Gasteiger charge is -2.43. The Hall–Kier alpha value is -3.29. The second kappa shape index (κ2) is 9.46. The Labute approximate surface area is 188 Å². The first-order valence-electron chi connectivity index (χ1n) is 11.3. The van der Waals surface area contributed by atoms with Gasteiger partial charge in [-0.05, 0) is 43.5 Å². The molecule has 2 aliphatic heterocycles. The van der Waals surface area contributed by atoms with Crippen LogP contribution >= 0.6 is 0 Å². The van der Waals surface area contributed by atoms with Crippen LogP contribution in [0.15, 0.2) is 53.1 Å². The van der Waals surface area contributed by atoms with E-state index in [-0.39, 0.29) is 24.3 Å². The van der Waals surface area contributed by atoms with Gasteiger partial charge in [0, 0.05) is 25.3 Å². The molecule has 0 atom stereocenters. The quantitative estimate of drug-likeness (QED) is 0.672. The molecule has 8 nitrogen and oxygen atoms in total. The number of anilines is 1. The summed E-state index contributed by atoms with van der Waals surface area (Å²) >= 11 is 0. The lowest BCUT2D eigenvalue weighted by Crippen LogP contribution is -2.57. The van der Waals surface area contributed by atoms with Crippen molar-refractivity contribution in [2.24, 2.45) is 0 Å². The molecule has 1 aromatic carbocycles. The highest BCUT2D eigenvalue weighted by atomic mass is 16.3. The van der Waals surface area contributed by atoms with Crippen LogP contribution in [0.25, 0.3) is 0 Å². The lowest BCUT2D eigenvalue weighted by atomic mass is 9.85. The van der Waals surface area contributed by atoms with E-state index in [1.54, 1.807) is 21.9 Å². The number of benzene rings is 1. The van der Waals surface area contributed by atoms with E-state index < -0.39 is 5.54 Å². The Morgan fingerprint density at radius 3 is 2.50 bits per heavy atom. The van der Waals surface area contributed by atoms with Crippen LogP contribution in [-0.4, -0.2) is 65.9 Å². The number of hydrogen-bond acceptors (Lipinski definition) is 5. The third-order valence-electron chi connectivity index (χ3n) is 6.38. The van der Waals surface area contributed by atoms with E-state index in [0.29, 0.717) is 44.9 Å². The highest BCUT2D eigenvalue weighted by Gasteiger charge is 2.54. The number of para-hydroxylation sites is 1. The van der Waals surface area contributed by atoms with E-state index in [1.807, 2.05) is 30.3 Å². The fourth-order valence-corrected chi connectivity index (χ4v) is 4.59. The van der Waals surface area contributed by atoms with Gasteiger partial charge < -0.3 is 24.4 Å². The molecular formula is C24H30N4O4. The monoisotopic (exact) mass is 438 g/mol. The number of rotatable bonds is 7. The van der Waals surface area contributed by atoms with Gasteiger partial charge in [0.1, 0.15) is 12.1 Å².